The molecule has 0 radical (unpaired) electrons. The number of rotatable bonds is 4. The van der Waals surface area contributed by atoms with Gasteiger partial charge in [-0.2, -0.15) is 5.10 Å². The third-order valence-corrected chi connectivity index (χ3v) is 5.63. The summed E-state index contributed by atoms with van der Waals surface area (Å²) in [5.74, 6) is 0.537. The maximum Gasteiger partial charge on any atom is 0.407 e. The highest BCUT2D eigenvalue weighted by Crippen LogP contribution is 2.37. The summed E-state index contributed by atoms with van der Waals surface area (Å²) in [7, 11) is 0. The van der Waals surface area contributed by atoms with Crippen LogP contribution in [-0.2, 0) is 10.5 Å². The molecule has 3 heterocycles. The van der Waals surface area contributed by atoms with Crippen molar-refractivity contribution in [1.29, 1.82) is 0 Å². The largest absolute Gasteiger partial charge is 0.465 e. The highest BCUT2D eigenvalue weighted by molar-refractivity contribution is 5.94. The minimum Gasteiger partial charge on any atom is -0.465 e. The molecule has 2 saturated heterocycles. The number of nitrogens with one attached hydrogen (secondary N) is 1. The molecule has 4 rings (SSSR count). The van der Waals surface area contributed by atoms with Crippen molar-refractivity contribution >= 4 is 23.5 Å². The lowest BCUT2D eigenvalue weighted by Gasteiger charge is -2.38. The molecule has 2 N–H and O–H groups in total. The van der Waals surface area contributed by atoms with Crippen LogP contribution in [0.15, 0.2) is 42.6 Å². The number of piperidine rings is 1. The zero-order valence-electron chi connectivity index (χ0n) is 15.8. The van der Waals surface area contributed by atoms with Crippen LogP contribution in [0, 0.1) is 5.92 Å². The summed E-state index contributed by atoms with van der Waals surface area (Å²) in [6.07, 6.45) is 0.851. The van der Waals surface area contributed by atoms with Crippen LogP contribution in [0.25, 0.3) is 0 Å². The van der Waals surface area contributed by atoms with E-state index in [1.54, 1.807) is 36.5 Å². The molecular weight excluding hydrogens is 377 g/mol. The zero-order valence-corrected chi connectivity index (χ0v) is 15.8. The summed E-state index contributed by atoms with van der Waals surface area (Å²) >= 11 is 0. The van der Waals surface area contributed by atoms with Crippen LogP contribution in [0.2, 0.25) is 0 Å². The highest BCUT2D eigenvalue weighted by atomic mass is 19.1. The first-order valence-electron chi connectivity index (χ1n) is 9.55. The second-order valence-electron chi connectivity index (χ2n) is 7.49. The fourth-order valence-corrected chi connectivity index (χ4v) is 3.73. The summed E-state index contributed by atoms with van der Waals surface area (Å²) in [5, 5.41) is 19.7. The van der Waals surface area contributed by atoms with Gasteiger partial charge in [0.1, 0.15) is 5.67 Å². The number of hydrogen-bond acceptors (Lipinski definition) is 5. The maximum atomic E-state index is 15.2. The Labute approximate surface area is 167 Å². The Hall–Kier alpha value is -3.23. The fourth-order valence-electron chi connectivity index (χ4n) is 3.73. The van der Waals surface area contributed by atoms with Gasteiger partial charge in [0.05, 0.1) is 5.92 Å². The molecule has 0 unspecified atom stereocenters. The van der Waals surface area contributed by atoms with Gasteiger partial charge in [0.25, 0.3) is 0 Å². The normalized spacial score (nSPS) is 18.8. The SMILES string of the molecule is O=C(Nc1ccc(C2(F)CCN(C(=O)O)CC2)cc1)C1CN(c2cccnn2)C1. The summed E-state index contributed by atoms with van der Waals surface area (Å²) in [5.41, 5.74) is -0.416. The van der Waals surface area contributed by atoms with Gasteiger partial charge in [-0.1, -0.05) is 12.1 Å². The van der Waals surface area contributed by atoms with Crippen molar-refractivity contribution in [2.45, 2.75) is 18.5 Å². The quantitative estimate of drug-likeness (QED) is 0.820. The first kappa shape index (κ1) is 19.1. The molecule has 0 saturated carbocycles. The Balaban J connectivity index is 1.31. The van der Waals surface area contributed by atoms with E-state index in [4.69, 9.17) is 5.11 Å². The molecule has 152 valence electrons. The second kappa shape index (κ2) is 7.65. The van der Waals surface area contributed by atoms with Crippen molar-refractivity contribution in [2.24, 2.45) is 5.92 Å². The molecule has 9 heteroatoms. The Morgan fingerprint density at radius 2 is 1.83 bits per heavy atom. The number of nitrogens with zero attached hydrogens (tertiary/aromatic N) is 4. The molecule has 2 aromatic rings. The molecule has 0 bridgehead atoms. The minimum atomic E-state index is -1.54. The molecule has 29 heavy (non-hydrogen) atoms. The third kappa shape index (κ3) is 3.98. The number of halogens is 1. The van der Waals surface area contributed by atoms with Gasteiger partial charge < -0.3 is 20.2 Å². The zero-order chi connectivity index (χ0) is 20.4. The fraction of sp³-hybridized carbons (Fsp3) is 0.400. The van der Waals surface area contributed by atoms with Crippen molar-refractivity contribution in [3.8, 4) is 0 Å². The van der Waals surface area contributed by atoms with Crippen molar-refractivity contribution < 1.29 is 19.1 Å². The van der Waals surface area contributed by atoms with Crippen molar-refractivity contribution in [1.82, 2.24) is 15.1 Å². The van der Waals surface area contributed by atoms with Gasteiger partial charge in [-0.05, 0) is 29.8 Å². The average molecular weight is 399 g/mol. The minimum absolute atomic E-state index is 0.0809. The van der Waals surface area contributed by atoms with E-state index in [9.17, 15) is 9.59 Å². The number of carbonyl (C=O) groups excluding carboxylic acids is 1. The Morgan fingerprint density at radius 3 is 2.41 bits per heavy atom. The predicted molar refractivity (Wildman–Crippen MR) is 104 cm³/mol. The lowest BCUT2D eigenvalue weighted by atomic mass is 9.86. The second-order valence-corrected chi connectivity index (χ2v) is 7.49. The third-order valence-electron chi connectivity index (χ3n) is 5.63. The smallest absolute Gasteiger partial charge is 0.407 e. The molecule has 2 fully saturated rings. The monoisotopic (exact) mass is 399 g/mol. The van der Waals surface area contributed by atoms with Crippen LogP contribution in [0.5, 0.6) is 0 Å². The van der Waals surface area contributed by atoms with E-state index in [0.29, 0.717) is 24.3 Å². The molecule has 1 aromatic heterocycles. The predicted octanol–water partition coefficient (Wildman–Crippen LogP) is 2.49. The van der Waals surface area contributed by atoms with E-state index < -0.39 is 11.8 Å². The molecular formula is C20H22FN5O3. The van der Waals surface area contributed by atoms with E-state index in [1.165, 1.54) is 4.90 Å². The summed E-state index contributed by atoms with van der Waals surface area (Å²) in [6, 6.07) is 10.4. The van der Waals surface area contributed by atoms with Crippen molar-refractivity contribution in [3.63, 3.8) is 0 Å². The van der Waals surface area contributed by atoms with Crippen LogP contribution >= 0.6 is 0 Å². The van der Waals surface area contributed by atoms with Crippen molar-refractivity contribution in [3.05, 3.63) is 48.2 Å². The van der Waals surface area contributed by atoms with Crippen LogP contribution in [0.4, 0.5) is 20.7 Å². The number of anilines is 2. The van der Waals surface area contributed by atoms with Crippen molar-refractivity contribution in [2.75, 3.05) is 36.4 Å². The van der Waals surface area contributed by atoms with E-state index in [1.807, 2.05) is 11.0 Å². The Morgan fingerprint density at radius 1 is 1.14 bits per heavy atom. The number of carbonyl (C=O) groups is 2. The topological polar surface area (TPSA) is 98.7 Å². The standard InChI is InChI=1S/C20H22FN5O3/c21-20(7-10-25(11-8-20)19(28)29)15-3-5-16(6-4-15)23-18(27)14-12-26(13-14)17-2-1-9-22-24-17/h1-6,9,14H,7-8,10-13H2,(H,23,27)(H,28,29). The molecule has 0 atom stereocenters. The summed E-state index contributed by atoms with van der Waals surface area (Å²) in [6.45, 7) is 1.51. The Bertz CT molecular complexity index is 879. The number of aromatic nitrogens is 2. The van der Waals surface area contributed by atoms with Gasteiger partial charge in [-0.3, -0.25) is 4.79 Å². The first-order chi connectivity index (χ1) is 13.9. The molecule has 0 spiro atoms. The van der Waals surface area contributed by atoms with E-state index in [0.717, 1.165) is 5.82 Å². The van der Waals surface area contributed by atoms with Gasteiger partial charge >= 0.3 is 6.09 Å². The number of likely N-dealkylation sites (tertiary alicyclic amines) is 1. The average Bonchev–Trinajstić information content (AvgIpc) is 2.68. The molecule has 2 amide bonds. The number of amides is 2. The Kier molecular flexibility index (Phi) is 5.04. The molecule has 0 aliphatic carbocycles. The van der Waals surface area contributed by atoms with Gasteiger partial charge in [-0.25, -0.2) is 9.18 Å². The van der Waals surface area contributed by atoms with Gasteiger partial charge in [0.15, 0.2) is 5.82 Å². The number of benzene rings is 1. The van der Waals surface area contributed by atoms with Gasteiger partial charge in [0, 0.05) is 50.9 Å². The van der Waals surface area contributed by atoms with Gasteiger partial charge in [-0.15, -0.1) is 5.10 Å². The molecule has 8 nitrogen and oxygen atoms in total. The lowest BCUT2D eigenvalue weighted by Crippen LogP contribution is -2.52. The number of hydrogen-bond donors (Lipinski definition) is 2. The van der Waals surface area contributed by atoms with Crippen LogP contribution in [0.1, 0.15) is 18.4 Å². The van der Waals surface area contributed by atoms with Crippen LogP contribution < -0.4 is 10.2 Å². The summed E-state index contributed by atoms with van der Waals surface area (Å²) in [4.78, 5) is 26.6. The molecule has 1 aromatic carbocycles. The maximum absolute atomic E-state index is 15.2. The van der Waals surface area contributed by atoms with Crippen LogP contribution in [0.3, 0.4) is 0 Å². The summed E-state index contributed by atoms with van der Waals surface area (Å²) < 4.78 is 15.2. The van der Waals surface area contributed by atoms with E-state index in [-0.39, 0.29) is 37.8 Å². The highest BCUT2D eigenvalue weighted by Gasteiger charge is 2.38. The van der Waals surface area contributed by atoms with E-state index in [2.05, 4.69) is 15.5 Å². The van der Waals surface area contributed by atoms with E-state index >= 15 is 4.39 Å². The molecule has 2 aliphatic rings. The lowest BCUT2D eigenvalue weighted by molar-refractivity contribution is -0.120. The number of carboxylic acid groups (broad SMARTS) is 1. The number of alkyl halides is 1. The first-order valence-corrected chi connectivity index (χ1v) is 9.55. The molecule has 2 aliphatic heterocycles. The van der Waals surface area contributed by atoms with Crippen LogP contribution in [-0.4, -0.2) is 58.4 Å². The van der Waals surface area contributed by atoms with Gasteiger partial charge in [0.2, 0.25) is 5.91 Å².